The summed E-state index contributed by atoms with van der Waals surface area (Å²) >= 11 is 0. The monoisotopic (exact) mass is 205 g/mol. The van der Waals surface area contributed by atoms with Crippen molar-refractivity contribution in [3.63, 3.8) is 0 Å². The van der Waals surface area contributed by atoms with Gasteiger partial charge < -0.3 is 5.32 Å². The van der Waals surface area contributed by atoms with Gasteiger partial charge in [-0.2, -0.15) is 0 Å². The summed E-state index contributed by atoms with van der Waals surface area (Å²) in [5.74, 6) is 0.724. The van der Waals surface area contributed by atoms with Crippen LogP contribution in [-0.4, -0.2) is 7.05 Å². The van der Waals surface area contributed by atoms with Crippen LogP contribution in [0.1, 0.15) is 43.0 Å². The molecule has 0 aliphatic heterocycles. The minimum atomic E-state index is 0.491. The van der Waals surface area contributed by atoms with Gasteiger partial charge in [0.05, 0.1) is 0 Å². The topological polar surface area (TPSA) is 12.0 Å². The Morgan fingerprint density at radius 1 is 1.20 bits per heavy atom. The Morgan fingerprint density at radius 2 is 1.87 bits per heavy atom. The van der Waals surface area contributed by atoms with Crippen molar-refractivity contribution in [3.05, 3.63) is 34.9 Å². The summed E-state index contributed by atoms with van der Waals surface area (Å²) in [6.07, 6.45) is 1.20. The molecule has 0 spiro atoms. The second-order valence-electron chi connectivity index (χ2n) is 4.83. The van der Waals surface area contributed by atoms with Crippen LogP contribution >= 0.6 is 0 Å². The van der Waals surface area contributed by atoms with E-state index in [4.69, 9.17) is 0 Å². The number of hydrogen-bond donors (Lipinski definition) is 1. The lowest BCUT2D eigenvalue weighted by atomic mass is 9.93. The first-order valence-electron chi connectivity index (χ1n) is 5.79. The average molecular weight is 205 g/mol. The van der Waals surface area contributed by atoms with E-state index in [1.54, 1.807) is 0 Å². The lowest BCUT2D eigenvalue weighted by molar-refractivity contribution is 0.455. The van der Waals surface area contributed by atoms with Gasteiger partial charge in [-0.1, -0.05) is 37.6 Å². The summed E-state index contributed by atoms with van der Waals surface area (Å²) < 4.78 is 0. The van der Waals surface area contributed by atoms with E-state index >= 15 is 0 Å². The lowest BCUT2D eigenvalue weighted by Gasteiger charge is -2.21. The van der Waals surface area contributed by atoms with Crippen LogP contribution in [0.5, 0.6) is 0 Å². The molecule has 0 radical (unpaired) electrons. The maximum Gasteiger partial charge on any atom is 0.0322 e. The quantitative estimate of drug-likeness (QED) is 0.791. The molecule has 0 amide bonds. The molecule has 1 aromatic carbocycles. The van der Waals surface area contributed by atoms with E-state index in [1.165, 1.54) is 23.1 Å². The van der Waals surface area contributed by atoms with E-state index < -0.39 is 0 Å². The molecule has 0 aromatic heterocycles. The predicted molar refractivity (Wildman–Crippen MR) is 67.2 cm³/mol. The Balaban J connectivity index is 2.95. The lowest BCUT2D eigenvalue weighted by Crippen LogP contribution is -2.19. The molecule has 1 rings (SSSR count). The molecular formula is C14H23N. The Hall–Kier alpha value is -0.820. The highest BCUT2D eigenvalue weighted by molar-refractivity contribution is 5.33. The van der Waals surface area contributed by atoms with Gasteiger partial charge in [-0.15, -0.1) is 0 Å². The normalized spacial score (nSPS) is 13.2. The van der Waals surface area contributed by atoms with Crippen molar-refractivity contribution in [1.82, 2.24) is 5.32 Å². The molecule has 1 nitrogen and oxygen atoms in total. The van der Waals surface area contributed by atoms with E-state index in [-0.39, 0.29) is 0 Å². The summed E-state index contributed by atoms with van der Waals surface area (Å²) in [6.45, 7) is 8.90. The van der Waals surface area contributed by atoms with Crippen LogP contribution in [0.15, 0.2) is 18.2 Å². The van der Waals surface area contributed by atoms with Crippen molar-refractivity contribution in [2.75, 3.05) is 7.05 Å². The minimum Gasteiger partial charge on any atom is -0.313 e. The largest absolute Gasteiger partial charge is 0.313 e. The van der Waals surface area contributed by atoms with Gasteiger partial charge in [-0.3, -0.25) is 0 Å². The molecular weight excluding hydrogens is 182 g/mol. The highest BCUT2D eigenvalue weighted by atomic mass is 14.9. The minimum absolute atomic E-state index is 0.491. The Kier molecular flexibility index (Phi) is 4.34. The number of rotatable bonds is 4. The summed E-state index contributed by atoms with van der Waals surface area (Å²) in [7, 11) is 2.05. The average Bonchev–Trinajstić information content (AvgIpc) is 2.18. The van der Waals surface area contributed by atoms with Crippen molar-refractivity contribution >= 4 is 0 Å². The molecule has 84 valence electrons. The van der Waals surface area contributed by atoms with Crippen molar-refractivity contribution in [2.45, 2.75) is 40.2 Å². The van der Waals surface area contributed by atoms with E-state index in [2.05, 4.69) is 58.3 Å². The smallest absolute Gasteiger partial charge is 0.0322 e. The highest BCUT2D eigenvalue weighted by Gasteiger charge is 2.13. The van der Waals surface area contributed by atoms with Crippen LogP contribution in [0.3, 0.4) is 0 Å². The molecule has 0 saturated carbocycles. The second-order valence-corrected chi connectivity index (χ2v) is 4.83. The van der Waals surface area contributed by atoms with Crippen molar-refractivity contribution in [3.8, 4) is 0 Å². The molecule has 15 heavy (non-hydrogen) atoms. The summed E-state index contributed by atoms with van der Waals surface area (Å²) in [5.41, 5.74) is 4.19. The predicted octanol–water partition coefficient (Wildman–Crippen LogP) is 3.61. The second kappa shape index (κ2) is 5.32. The summed E-state index contributed by atoms with van der Waals surface area (Å²) in [6, 6.07) is 7.19. The SMILES string of the molecule is CNC(CC(C)C)c1cc(C)ccc1C. The third-order valence-electron chi connectivity index (χ3n) is 2.87. The molecule has 1 atom stereocenters. The molecule has 0 bridgehead atoms. The van der Waals surface area contributed by atoms with Crippen molar-refractivity contribution < 1.29 is 0 Å². The van der Waals surface area contributed by atoms with E-state index in [9.17, 15) is 0 Å². The van der Waals surface area contributed by atoms with Crippen LogP contribution in [0.25, 0.3) is 0 Å². The summed E-state index contributed by atoms with van der Waals surface area (Å²) in [4.78, 5) is 0. The van der Waals surface area contributed by atoms with Gasteiger partial charge in [0, 0.05) is 6.04 Å². The maximum atomic E-state index is 3.42. The molecule has 0 fully saturated rings. The zero-order valence-electron chi connectivity index (χ0n) is 10.6. The third-order valence-corrected chi connectivity index (χ3v) is 2.87. The number of hydrogen-bond acceptors (Lipinski definition) is 1. The van der Waals surface area contributed by atoms with Crippen molar-refractivity contribution in [1.29, 1.82) is 0 Å². The van der Waals surface area contributed by atoms with Gasteiger partial charge in [0.1, 0.15) is 0 Å². The van der Waals surface area contributed by atoms with Crippen LogP contribution < -0.4 is 5.32 Å². The fraction of sp³-hybridized carbons (Fsp3) is 0.571. The first-order valence-corrected chi connectivity index (χ1v) is 5.79. The van der Waals surface area contributed by atoms with Gasteiger partial charge in [-0.25, -0.2) is 0 Å². The van der Waals surface area contributed by atoms with E-state index in [0.717, 1.165) is 5.92 Å². The first kappa shape index (κ1) is 12.3. The molecule has 1 aromatic rings. The zero-order valence-corrected chi connectivity index (χ0v) is 10.6. The Labute approximate surface area is 93.9 Å². The van der Waals surface area contributed by atoms with Crippen LogP contribution in [0.4, 0.5) is 0 Å². The first-order chi connectivity index (χ1) is 7.04. The molecule has 1 heteroatoms. The number of aryl methyl sites for hydroxylation is 2. The fourth-order valence-electron chi connectivity index (χ4n) is 2.01. The Bertz CT molecular complexity index is 315. The molecule has 0 aliphatic rings. The van der Waals surface area contributed by atoms with Gasteiger partial charge in [0.25, 0.3) is 0 Å². The van der Waals surface area contributed by atoms with Gasteiger partial charge in [-0.05, 0) is 44.4 Å². The van der Waals surface area contributed by atoms with E-state index in [0.29, 0.717) is 6.04 Å². The van der Waals surface area contributed by atoms with Gasteiger partial charge in [0.2, 0.25) is 0 Å². The number of nitrogens with one attached hydrogen (secondary N) is 1. The highest BCUT2D eigenvalue weighted by Crippen LogP contribution is 2.24. The zero-order chi connectivity index (χ0) is 11.4. The standard InChI is InChI=1S/C14H23N/c1-10(2)8-14(15-5)13-9-11(3)6-7-12(13)4/h6-7,9-10,14-15H,8H2,1-5H3. The number of benzene rings is 1. The van der Waals surface area contributed by atoms with Gasteiger partial charge >= 0.3 is 0 Å². The van der Waals surface area contributed by atoms with Gasteiger partial charge in [0.15, 0.2) is 0 Å². The summed E-state index contributed by atoms with van der Waals surface area (Å²) in [5, 5.41) is 3.42. The molecule has 1 N–H and O–H groups in total. The van der Waals surface area contributed by atoms with E-state index in [1.807, 2.05) is 0 Å². The Morgan fingerprint density at radius 3 is 2.40 bits per heavy atom. The third kappa shape index (κ3) is 3.35. The van der Waals surface area contributed by atoms with Crippen LogP contribution in [0, 0.1) is 19.8 Å². The molecule has 0 aliphatic carbocycles. The van der Waals surface area contributed by atoms with Crippen molar-refractivity contribution in [2.24, 2.45) is 5.92 Å². The maximum absolute atomic E-state index is 3.42. The molecule has 0 saturated heterocycles. The molecule has 1 unspecified atom stereocenters. The fourth-order valence-corrected chi connectivity index (χ4v) is 2.01. The molecule has 0 heterocycles. The van der Waals surface area contributed by atoms with Crippen LogP contribution in [-0.2, 0) is 0 Å². The van der Waals surface area contributed by atoms with Crippen LogP contribution in [0.2, 0.25) is 0 Å².